The van der Waals surface area contributed by atoms with E-state index in [4.69, 9.17) is 0 Å². The molecule has 2 aromatic heterocycles. The van der Waals surface area contributed by atoms with Crippen LogP contribution >= 0.6 is 0 Å². The highest BCUT2D eigenvalue weighted by molar-refractivity contribution is 5.97. The lowest BCUT2D eigenvalue weighted by Gasteiger charge is -2.08. The van der Waals surface area contributed by atoms with E-state index in [0.717, 1.165) is 11.9 Å². The third-order valence-corrected chi connectivity index (χ3v) is 4.29. The van der Waals surface area contributed by atoms with Gasteiger partial charge in [0.25, 0.3) is 11.5 Å². The number of carbonyl (C=O) groups excluding carboxylic acids is 1. The molecule has 0 spiro atoms. The van der Waals surface area contributed by atoms with Gasteiger partial charge in [-0.1, -0.05) is 30.3 Å². The molecule has 2 heterocycles. The predicted octanol–water partition coefficient (Wildman–Crippen LogP) is 2.75. The number of benzene rings is 2. The zero-order valence-corrected chi connectivity index (χ0v) is 13.5. The molecule has 2 N–H and O–H groups in total. The summed E-state index contributed by atoms with van der Waals surface area (Å²) in [6.07, 6.45) is 2.62. The maximum Gasteiger partial charge on any atom is 0.272 e. The van der Waals surface area contributed by atoms with E-state index in [1.54, 1.807) is 18.2 Å². The molecule has 0 aliphatic rings. The van der Waals surface area contributed by atoms with Crippen LogP contribution in [-0.4, -0.2) is 21.8 Å². The van der Waals surface area contributed by atoms with Crippen LogP contribution in [0.4, 0.5) is 0 Å². The van der Waals surface area contributed by atoms with Crippen molar-refractivity contribution in [2.75, 3.05) is 6.54 Å². The maximum absolute atomic E-state index is 12.4. The van der Waals surface area contributed by atoms with Crippen molar-refractivity contribution in [1.29, 1.82) is 0 Å². The van der Waals surface area contributed by atoms with Crippen molar-refractivity contribution in [3.05, 3.63) is 88.3 Å². The van der Waals surface area contributed by atoms with Gasteiger partial charge in [0.2, 0.25) is 0 Å². The fraction of sp³-hybridized carbons (Fsp3) is 0.100. The molecule has 0 aliphatic heterocycles. The molecule has 4 aromatic rings. The van der Waals surface area contributed by atoms with Gasteiger partial charge in [0.15, 0.2) is 0 Å². The van der Waals surface area contributed by atoms with Gasteiger partial charge in [-0.25, -0.2) is 0 Å². The van der Waals surface area contributed by atoms with E-state index < -0.39 is 0 Å². The van der Waals surface area contributed by atoms with Crippen molar-refractivity contribution in [3.8, 4) is 0 Å². The third-order valence-electron chi connectivity index (χ3n) is 4.29. The van der Waals surface area contributed by atoms with Gasteiger partial charge >= 0.3 is 0 Å². The smallest absolute Gasteiger partial charge is 0.272 e. The second-order valence-electron chi connectivity index (χ2n) is 5.94. The first-order valence-corrected chi connectivity index (χ1v) is 8.17. The average molecular weight is 331 g/mol. The Bertz CT molecular complexity index is 1110. The minimum absolute atomic E-state index is 0.147. The highest BCUT2D eigenvalue weighted by Gasteiger charge is 2.09. The first-order valence-electron chi connectivity index (χ1n) is 8.17. The number of nitrogens with zero attached hydrogens (tertiary/aromatic N) is 1. The fourth-order valence-electron chi connectivity index (χ4n) is 3.02. The molecule has 0 unspecified atom stereocenters. The van der Waals surface area contributed by atoms with Crippen LogP contribution in [0.3, 0.4) is 0 Å². The lowest BCUT2D eigenvalue weighted by molar-refractivity contribution is 0.0954. The summed E-state index contributed by atoms with van der Waals surface area (Å²) in [6, 6.07) is 19.0. The molecule has 0 aliphatic carbocycles. The van der Waals surface area contributed by atoms with Crippen molar-refractivity contribution in [1.82, 2.24) is 14.7 Å². The zero-order valence-electron chi connectivity index (χ0n) is 13.5. The molecule has 4 rings (SSSR count). The number of H-pyrrole nitrogens is 1. The molecule has 0 radical (unpaired) electrons. The summed E-state index contributed by atoms with van der Waals surface area (Å²) in [5.41, 5.74) is 3.64. The predicted molar refractivity (Wildman–Crippen MR) is 98.0 cm³/mol. The molecule has 5 heteroatoms. The molecule has 0 bridgehead atoms. The Hall–Kier alpha value is -3.34. The number of rotatable bonds is 4. The molecule has 25 heavy (non-hydrogen) atoms. The minimum Gasteiger partial charge on any atom is -0.352 e. The summed E-state index contributed by atoms with van der Waals surface area (Å²) >= 11 is 0. The van der Waals surface area contributed by atoms with Gasteiger partial charge in [0, 0.05) is 18.3 Å². The van der Waals surface area contributed by atoms with Gasteiger partial charge in [-0.3, -0.25) is 9.59 Å². The largest absolute Gasteiger partial charge is 0.352 e. The lowest BCUT2D eigenvalue weighted by Crippen LogP contribution is -2.25. The van der Waals surface area contributed by atoms with E-state index in [2.05, 4.69) is 10.3 Å². The molecule has 124 valence electrons. The molecule has 0 atom stereocenters. The average Bonchev–Trinajstić information content (AvgIpc) is 3.13. The normalized spacial score (nSPS) is 11.0. The molecule has 0 fully saturated rings. The molecular formula is C20H17N3O2. The number of hydrogen-bond donors (Lipinski definition) is 2. The Morgan fingerprint density at radius 2 is 1.84 bits per heavy atom. The van der Waals surface area contributed by atoms with Crippen molar-refractivity contribution < 1.29 is 4.79 Å². The monoisotopic (exact) mass is 331 g/mol. The van der Waals surface area contributed by atoms with Crippen LogP contribution in [0.25, 0.3) is 16.6 Å². The molecule has 1 amide bonds. The number of amides is 1. The van der Waals surface area contributed by atoms with Crippen LogP contribution in [0.2, 0.25) is 0 Å². The number of nitrogens with one attached hydrogen (secondary N) is 2. The fourth-order valence-corrected chi connectivity index (χ4v) is 3.02. The van der Waals surface area contributed by atoms with Crippen LogP contribution in [0.5, 0.6) is 0 Å². The van der Waals surface area contributed by atoms with Crippen LogP contribution in [-0.2, 0) is 6.42 Å². The molecule has 5 nitrogen and oxygen atoms in total. The number of hydrogen-bond acceptors (Lipinski definition) is 2. The summed E-state index contributed by atoms with van der Waals surface area (Å²) in [6.45, 7) is 0.564. The van der Waals surface area contributed by atoms with E-state index in [1.807, 2.05) is 53.1 Å². The van der Waals surface area contributed by atoms with Crippen molar-refractivity contribution in [2.45, 2.75) is 6.42 Å². The summed E-state index contributed by atoms with van der Waals surface area (Å²) in [4.78, 5) is 27.3. The van der Waals surface area contributed by atoms with Crippen LogP contribution in [0, 0.1) is 0 Å². The van der Waals surface area contributed by atoms with Crippen molar-refractivity contribution in [3.63, 3.8) is 0 Å². The van der Waals surface area contributed by atoms with Gasteiger partial charge < -0.3 is 14.7 Å². The Morgan fingerprint density at radius 3 is 2.68 bits per heavy atom. The lowest BCUT2D eigenvalue weighted by atomic mass is 10.1. The second kappa shape index (κ2) is 6.28. The summed E-state index contributed by atoms with van der Waals surface area (Å²) in [5.74, 6) is -0.147. The Labute approximate surface area is 143 Å². The Kier molecular flexibility index (Phi) is 3.82. The number of fused-ring (bicyclic) bond motifs is 3. The van der Waals surface area contributed by atoms with Gasteiger partial charge in [-0.15, -0.1) is 0 Å². The van der Waals surface area contributed by atoms with Crippen LogP contribution in [0.1, 0.15) is 15.9 Å². The second-order valence-corrected chi connectivity index (χ2v) is 5.94. The standard InChI is InChI=1S/C20H17N3O2/c24-19(21-11-10-14-5-2-1-3-6-14)15-8-9-17-16(13-15)22-20(25)18-7-4-12-23(17)18/h1-9,12-13H,10-11H2,(H,21,24)(H,22,25). The number of aromatic amines is 1. The highest BCUT2D eigenvalue weighted by atomic mass is 16.1. The molecule has 0 saturated heterocycles. The third kappa shape index (κ3) is 2.92. The van der Waals surface area contributed by atoms with E-state index in [1.165, 1.54) is 5.56 Å². The van der Waals surface area contributed by atoms with E-state index >= 15 is 0 Å². The quantitative estimate of drug-likeness (QED) is 0.604. The van der Waals surface area contributed by atoms with Crippen LogP contribution in [0.15, 0.2) is 71.7 Å². The van der Waals surface area contributed by atoms with Gasteiger partial charge in [0.1, 0.15) is 5.52 Å². The summed E-state index contributed by atoms with van der Waals surface area (Å²) in [5, 5.41) is 2.92. The summed E-state index contributed by atoms with van der Waals surface area (Å²) < 4.78 is 1.82. The number of carbonyl (C=O) groups is 1. The molecular weight excluding hydrogens is 314 g/mol. The topological polar surface area (TPSA) is 66.4 Å². The van der Waals surface area contributed by atoms with Gasteiger partial charge in [-0.2, -0.15) is 0 Å². The maximum atomic E-state index is 12.4. The minimum atomic E-state index is -0.167. The van der Waals surface area contributed by atoms with E-state index in [-0.39, 0.29) is 11.5 Å². The number of aromatic nitrogens is 2. The van der Waals surface area contributed by atoms with Crippen molar-refractivity contribution in [2.24, 2.45) is 0 Å². The van der Waals surface area contributed by atoms with E-state index in [9.17, 15) is 9.59 Å². The van der Waals surface area contributed by atoms with Gasteiger partial charge in [0.05, 0.1) is 11.0 Å². The van der Waals surface area contributed by atoms with Gasteiger partial charge in [-0.05, 0) is 42.3 Å². The molecule has 2 aromatic carbocycles. The first kappa shape index (κ1) is 15.2. The SMILES string of the molecule is O=C(NCCc1ccccc1)c1ccc2c(c1)[nH]c(=O)c1cccn12. The van der Waals surface area contributed by atoms with Crippen molar-refractivity contribution >= 4 is 22.5 Å². The Morgan fingerprint density at radius 1 is 1.00 bits per heavy atom. The zero-order chi connectivity index (χ0) is 17.2. The summed E-state index contributed by atoms with van der Waals surface area (Å²) in [7, 11) is 0. The Balaban J connectivity index is 1.55. The highest BCUT2D eigenvalue weighted by Crippen LogP contribution is 2.15. The molecule has 0 saturated carbocycles. The van der Waals surface area contributed by atoms with E-state index in [0.29, 0.717) is 23.1 Å². The first-order chi connectivity index (χ1) is 12.2. The van der Waals surface area contributed by atoms with Crippen LogP contribution < -0.4 is 10.9 Å².